The molecule has 30 heavy (non-hydrogen) atoms. The summed E-state index contributed by atoms with van der Waals surface area (Å²) in [6.07, 6.45) is 2.32. The fourth-order valence-electron chi connectivity index (χ4n) is 4.32. The minimum absolute atomic E-state index is 0.110. The number of hydrogen-bond donors (Lipinski definition) is 0. The number of anilines is 1. The van der Waals surface area contributed by atoms with Gasteiger partial charge in [-0.2, -0.15) is 0 Å². The lowest BCUT2D eigenvalue weighted by Gasteiger charge is -2.27. The van der Waals surface area contributed by atoms with Crippen LogP contribution < -0.4 is 13.8 Å². The van der Waals surface area contributed by atoms with Crippen LogP contribution in [0.2, 0.25) is 0 Å². The third-order valence-corrected chi connectivity index (χ3v) is 7.66. The van der Waals surface area contributed by atoms with Crippen molar-refractivity contribution >= 4 is 21.6 Å². The summed E-state index contributed by atoms with van der Waals surface area (Å²) in [5, 5.41) is 0. The molecule has 2 aliphatic rings. The van der Waals surface area contributed by atoms with Crippen LogP contribution in [-0.2, 0) is 10.0 Å². The van der Waals surface area contributed by atoms with E-state index in [4.69, 9.17) is 9.47 Å². The van der Waals surface area contributed by atoms with E-state index in [0.717, 1.165) is 24.2 Å². The van der Waals surface area contributed by atoms with E-state index in [1.807, 2.05) is 23.1 Å². The van der Waals surface area contributed by atoms with Crippen LogP contribution in [0.5, 0.6) is 11.5 Å². The topological polar surface area (TPSA) is 76.2 Å². The number of hydrogen-bond acceptors (Lipinski definition) is 5. The molecule has 2 heterocycles. The highest BCUT2D eigenvalue weighted by molar-refractivity contribution is 7.93. The van der Waals surface area contributed by atoms with Crippen molar-refractivity contribution < 1.29 is 22.7 Å². The second-order valence-corrected chi connectivity index (χ2v) is 9.57. The Labute approximate surface area is 177 Å². The van der Waals surface area contributed by atoms with Crippen LogP contribution in [-0.4, -0.2) is 52.3 Å². The predicted octanol–water partition coefficient (Wildman–Crippen LogP) is 3.22. The number of benzene rings is 2. The molecule has 0 bridgehead atoms. The number of carbonyl (C=O) groups excluding carboxylic acids is 1. The van der Waals surface area contributed by atoms with Gasteiger partial charge in [-0.05, 0) is 55.7 Å². The molecule has 160 valence electrons. The highest BCUT2D eigenvalue weighted by atomic mass is 32.2. The molecule has 2 fully saturated rings. The molecule has 0 N–H and O–H groups in total. The molecule has 1 atom stereocenters. The van der Waals surface area contributed by atoms with Crippen molar-refractivity contribution in [2.75, 3.05) is 37.4 Å². The van der Waals surface area contributed by atoms with Crippen molar-refractivity contribution in [1.29, 1.82) is 0 Å². The lowest BCUT2D eigenvalue weighted by molar-refractivity contribution is 0.0734. The van der Waals surface area contributed by atoms with Crippen molar-refractivity contribution in [2.24, 2.45) is 0 Å². The molecule has 2 aliphatic heterocycles. The van der Waals surface area contributed by atoms with Crippen LogP contribution in [0.25, 0.3) is 0 Å². The minimum atomic E-state index is -3.29. The van der Waals surface area contributed by atoms with Gasteiger partial charge >= 0.3 is 0 Å². The highest BCUT2D eigenvalue weighted by Crippen LogP contribution is 2.39. The first-order valence-corrected chi connectivity index (χ1v) is 11.7. The second kappa shape index (κ2) is 8.18. The molecule has 1 unspecified atom stereocenters. The van der Waals surface area contributed by atoms with Crippen molar-refractivity contribution in [3.63, 3.8) is 0 Å². The second-order valence-electron chi connectivity index (χ2n) is 7.56. The molecule has 2 aromatic carbocycles. The van der Waals surface area contributed by atoms with Gasteiger partial charge in [0.2, 0.25) is 10.0 Å². The first-order valence-electron chi connectivity index (χ1n) is 10.1. The zero-order valence-electron chi connectivity index (χ0n) is 17.2. The van der Waals surface area contributed by atoms with Crippen LogP contribution >= 0.6 is 0 Å². The highest BCUT2D eigenvalue weighted by Gasteiger charge is 2.34. The standard InChI is InChI=1S/C22H26N2O5S/c1-28-18-9-10-21(29-2)19(15-18)20-8-4-11-23(20)22(25)16-6-3-7-17(14-16)24-12-5-13-30(24,26)27/h3,6-7,9-10,14-15,20H,4-5,8,11-13H2,1-2H3. The molecule has 0 saturated carbocycles. The van der Waals surface area contributed by atoms with E-state index in [2.05, 4.69) is 0 Å². The van der Waals surface area contributed by atoms with Gasteiger partial charge in [0.15, 0.2) is 0 Å². The molecular formula is C22H26N2O5S. The minimum Gasteiger partial charge on any atom is -0.497 e. The van der Waals surface area contributed by atoms with Crippen LogP contribution in [0, 0.1) is 0 Å². The van der Waals surface area contributed by atoms with Gasteiger partial charge in [-0.1, -0.05) is 6.07 Å². The van der Waals surface area contributed by atoms with Gasteiger partial charge in [-0.15, -0.1) is 0 Å². The molecule has 0 aliphatic carbocycles. The van der Waals surface area contributed by atoms with E-state index < -0.39 is 10.0 Å². The molecule has 7 nitrogen and oxygen atoms in total. The molecule has 1 amide bonds. The molecule has 2 saturated heterocycles. The maximum Gasteiger partial charge on any atom is 0.254 e. The van der Waals surface area contributed by atoms with E-state index >= 15 is 0 Å². The zero-order chi connectivity index (χ0) is 21.3. The fraction of sp³-hybridized carbons (Fsp3) is 0.409. The van der Waals surface area contributed by atoms with Gasteiger partial charge in [0, 0.05) is 24.2 Å². The van der Waals surface area contributed by atoms with Crippen molar-refractivity contribution in [3.8, 4) is 11.5 Å². The number of carbonyl (C=O) groups is 1. The fourth-order valence-corrected chi connectivity index (χ4v) is 5.88. The monoisotopic (exact) mass is 430 g/mol. The third-order valence-electron chi connectivity index (χ3n) is 5.79. The summed E-state index contributed by atoms with van der Waals surface area (Å²) in [5.74, 6) is 1.47. The Morgan fingerprint density at radius 1 is 1.03 bits per heavy atom. The number of nitrogens with zero attached hydrogens (tertiary/aromatic N) is 2. The molecule has 0 aromatic heterocycles. The van der Waals surface area contributed by atoms with Crippen LogP contribution in [0.4, 0.5) is 5.69 Å². The van der Waals surface area contributed by atoms with Gasteiger partial charge in [0.1, 0.15) is 11.5 Å². The number of ether oxygens (including phenoxy) is 2. The number of rotatable bonds is 5. The lowest BCUT2D eigenvalue weighted by Crippen LogP contribution is -2.31. The Hall–Kier alpha value is -2.74. The van der Waals surface area contributed by atoms with Gasteiger partial charge < -0.3 is 14.4 Å². The summed E-state index contributed by atoms with van der Waals surface area (Å²) in [5.41, 5.74) is 1.96. The normalized spacial score (nSPS) is 20.4. The van der Waals surface area contributed by atoms with Crippen LogP contribution in [0.3, 0.4) is 0 Å². The Balaban J connectivity index is 1.65. The average molecular weight is 431 g/mol. The van der Waals surface area contributed by atoms with Gasteiger partial charge in [0.25, 0.3) is 5.91 Å². The summed E-state index contributed by atoms with van der Waals surface area (Å²) in [6.45, 7) is 1.09. The van der Waals surface area contributed by atoms with E-state index in [9.17, 15) is 13.2 Å². The van der Waals surface area contributed by atoms with Gasteiger partial charge in [0.05, 0.1) is 31.7 Å². The van der Waals surface area contributed by atoms with Gasteiger partial charge in [-0.25, -0.2) is 8.42 Å². The average Bonchev–Trinajstić information content (AvgIpc) is 3.38. The van der Waals surface area contributed by atoms with E-state index in [1.165, 1.54) is 4.31 Å². The maximum absolute atomic E-state index is 13.4. The first-order chi connectivity index (χ1) is 14.4. The maximum atomic E-state index is 13.4. The van der Waals surface area contributed by atoms with Crippen molar-refractivity contribution in [2.45, 2.75) is 25.3 Å². The number of amides is 1. The number of likely N-dealkylation sites (tertiary alicyclic amines) is 1. The molecule has 0 spiro atoms. The Bertz CT molecular complexity index is 1050. The Morgan fingerprint density at radius 3 is 2.57 bits per heavy atom. The molecule has 2 aromatic rings. The molecule has 4 rings (SSSR count). The first kappa shape index (κ1) is 20.5. The van der Waals surface area contributed by atoms with E-state index in [1.54, 1.807) is 38.5 Å². The predicted molar refractivity (Wildman–Crippen MR) is 115 cm³/mol. The summed E-state index contributed by atoms with van der Waals surface area (Å²) in [6, 6.07) is 12.4. The largest absolute Gasteiger partial charge is 0.497 e. The zero-order valence-corrected chi connectivity index (χ0v) is 18.0. The molecular weight excluding hydrogens is 404 g/mol. The SMILES string of the molecule is COc1ccc(OC)c(C2CCCN2C(=O)c2cccc(N3CCCS3(=O)=O)c2)c1. The lowest BCUT2D eigenvalue weighted by atomic mass is 10.0. The summed E-state index contributed by atoms with van der Waals surface area (Å²) < 4.78 is 36.8. The van der Waals surface area contributed by atoms with Crippen LogP contribution in [0.1, 0.15) is 41.2 Å². The quantitative estimate of drug-likeness (QED) is 0.728. The van der Waals surface area contributed by atoms with E-state index in [0.29, 0.717) is 36.5 Å². The van der Waals surface area contributed by atoms with Gasteiger partial charge in [-0.3, -0.25) is 9.10 Å². The third kappa shape index (κ3) is 3.71. The van der Waals surface area contributed by atoms with Crippen molar-refractivity contribution in [3.05, 3.63) is 53.6 Å². The summed E-state index contributed by atoms with van der Waals surface area (Å²) >= 11 is 0. The molecule has 0 radical (unpaired) electrons. The Morgan fingerprint density at radius 2 is 1.87 bits per heavy atom. The summed E-state index contributed by atoms with van der Waals surface area (Å²) in [4.78, 5) is 15.2. The smallest absolute Gasteiger partial charge is 0.254 e. The Kier molecular flexibility index (Phi) is 5.60. The number of methoxy groups -OCH3 is 2. The summed E-state index contributed by atoms with van der Waals surface area (Å²) in [7, 11) is -0.0645. The van der Waals surface area contributed by atoms with Crippen LogP contribution in [0.15, 0.2) is 42.5 Å². The molecule has 8 heteroatoms. The number of sulfonamides is 1. The van der Waals surface area contributed by atoms with Crippen molar-refractivity contribution in [1.82, 2.24) is 4.90 Å². The van der Waals surface area contributed by atoms with E-state index in [-0.39, 0.29) is 17.7 Å².